The summed E-state index contributed by atoms with van der Waals surface area (Å²) >= 11 is 1.39. The van der Waals surface area contributed by atoms with Crippen LogP contribution in [-0.4, -0.2) is 72.0 Å². The van der Waals surface area contributed by atoms with Crippen LogP contribution in [0, 0.1) is 0 Å². The van der Waals surface area contributed by atoms with Crippen molar-refractivity contribution in [3.63, 3.8) is 0 Å². The first-order chi connectivity index (χ1) is 19.5. The molecular formula is C29H37N5O4S2. The number of aromatic nitrogens is 3. The van der Waals surface area contributed by atoms with Crippen LogP contribution in [0.2, 0.25) is 0 Å². The molecule has 0 atom stereocenters. The monoisotopic (exact) mass is 583 g/mol. The van der Waals surface area contributed by atoms with Gasteiger partial charge in [-0.15, -0.1) is 10.2 Å². The molecule has 9 nitrogen and oxygen atoms in total. The summed E-state index contributed by atoms with van der Waals surface area (Å²) in [6, 6.07) is 17.3. The van der Waals surface area contributed by atoms with Gasteiger partial charge in [0.05, 0.1) is 23.9 Å². The highest BCUT2D eigenvalue weighted by atomic mass is 32.2. The molecule has 1 saturated carbocycles. The summed E-state index contributed by atoms with van der Waals surface area (Å²) in [5, 5.41) is 12.7. The highest BCUT2D eigenvalue weighted by Crippen LogP contribution is 2.35. The van der Waals surface area contributed by atoms with Gasteiger partial charge in [0, 0.05) is 31.2 Å². The number of hydrogen-bond donors (Lipinski definition) is 1. The van der Waals surface area contributed by atoms with E-state index in [2.05, 4.69) is 32.2 Å². The number of carbonyl (C=O) groups is 1. The van der Waals surface area contributed by atoms with Crippen molar-refractivity contribution in [3.8, 4) is 11.4 Å². The largest absolute Gasteiger partial charge is 0.379 e. The van der Waals surface area contributed by atoms with Crippen LogP contribution in [0.3, 0.4) is 0 Å². The van der Waals surface area contributed by atoms with E-state index in [1.165, 1.54) is 34.5 Å². The lowest BCUT2D eigenvalue weighted by Gasteiger charge is -2.26. The zero-order valence-corrected chi connectivity index (χ0v) is 24.3. The predicted octanol–water partition coefficient (Wildman–Crippen LogP) is 4.31. The van der Waals surface area contributed by atoms with E-state index < -0.39 is 10.0 Å². The van der Waals surface area contributed by atoms with Gasteiger partial charge in [-0.05, 0) is 37.0 Å². The molecule has 0 bridgehead atoms. The van der Waals surface area contributed by atoms with Gasteiger partial charge in [-0.3, -0.25) is 9.36 Å². The molecule has 1 aliphatic carbocycles. The Balaban J connectivity index is 1.34. The van der Waals surface area contributed by atoms with Crippen LogP contribution in [-0.2, 0) is 26.0 Å². The molecule has 1 N–H and O–H groups in total. The molecular weight excluding hydrogens is 546 g/mol. The lowest BCUT2D eigenvalue weighted by Crippen LogP contribution is -2.40. The zero-order chi connectivity index (χ0) is 27.8. The quantitative estimate of drug-likeness (QED) is 0.280. The van der Waals surface area contributed by atoms with Gasteiger partial charge in [0.15, 0.2) is 11.0 Å². The maximum Gasteiger partial charge on any atom is 0.243 e. The normalized spacial score (nSPS) is 17.4. The Bertz CT molecular complexity index is 1370. The van der Waals surface area contributed by atoms with Crippen molar-refractivity contribution in [2.75, 3.05) is 38.6 Å². The first-order valence-electron chi connectivity index (χ1n) is 14.1. The van der Waals surface area contributed by atoms with Crippen LogP contribution in [0.1, 0.15) is 50.1 Å². The molecule has 0 radical (unpaired) electrons. The lowest BCUT2D eigenvalue weighted by atomic mass is 10.1. The Morgan fingerprint density at radius 2 is 1.73 bits per heavy atom. The van der Waals surface area contributed by atoms with E-state index in [-0.39, 0.29) is 22.6 Å². The molecule has 40 heavy (non-hydrogen) atoms. The van der Waals surface area contributed by atoms with Gasteiger partial charge in [-0.2, -0.15) is 4.31 Å². The second kappa shape index (κ2) is 13.8. The molecule has 0 unspecified atom stereocenters. The van der Waals surface area contributed by atoms with Crippen LogP contribution in [0.15, 0.2) is 64.6 Å². The van der Waals surface area contributed by atoms with Crippen molar-refractivity contribution >= 4 is 27.7 Å². The Morgan fingerprint density at radius 3 is 2.48 bits per heavy atom. The molecule has 1 aromatic heterocycles. The smallest absolute Gasteiger partial charge is 0.243 e. The van der Waals surface area contributed by atoms with E-state index >= 15 is 0 Å². The van der Waals surface area contributed by atoms with Crippen molar-refractivity contribution < 1.29 is 17.9 Å². The van der Waals surface area contributed by atoms with Crippen molar-refractivity contribution in [1.29, 1.82) is 0 Å². The molecule has 1 amide bonds. The number of nitrogens with zero attached hydrogens (tertiary/aromatic N) is 4. The molecule has 0 spiro atoms. The van der Waals surface area contributed by atoms with Crippen LogP contribution >= 0.6 is 11.8 Å². The standard InChI is InChI=1S/C29H37N5O4S2/c35-27(30-16-15-23-9-4-3-5-10-23)22-39-29-32-31-28(34(29)25-12-6-1-2-7-13-25)24-11-8-14-26(21-24)40(36,37)33-17-19-38-20-18-33/h3-5,8-11,14,21,25H,1-2,6-7,12-13,15-20,22H2,(H,30,35). The minimum atomic E-state index is -3.64. The number of hydrogen-bond acceptors (Lipinski definition) is 7. The summed E-state index contributed by atoms with van der Waals surface area (Å²) in [6.07, 6.45) is 7.45. The summed E-state index contributed by atoms with van der Waals surface area (Å²) in [6.45, 7) is 2.07. The first-order valence-corrected chi connectivity index (χ1v) is 16.5. The molecule has 2 aliphatic rings. The van der Waals surface area contributed by atoms with Gasteiger partial charge in [0.2, 0.25) is 15.9 Å². The van der Waals surface area contributed by atoms with Gasteiger partial charge < -0.3 is 10.1 Å². The Kier molecular flexibility index (Phi) is 9.90. The molecule has 1 aliphatic heterocycles. The minimum Gasteiger partial charge on any atom is -0.379 e. The average Bonchev–Trinajstić information content (AvgIpc) is 3.23. The van der Waals surface area contributed by atoms with Crippen LogP contribution in [0.25, 0.3) is 11.4 Å². The zero-order valence-electron chi connectivity index (χ0n) is 22.7. The minimum absolute atomic E-state index is 0.0449. The number of carbonyl (C=O) groups excluding carboxylic acids is 1. The summed E-state index contributed by atoms with van der Waals surface area (Å²) in [7, 11) is -3.64. The molecule has 214 valence electrons. The highest BCUT2D eigenvalue weighted by molar-refractivity contribution is 7.99. The van der Waals surface area contributed by atoms with Gasteiger partial charge in [0.25, 0.3) is 0 Å². The third-order valence-corrected chi connectivity index (χ3v) is 10.3. The Labute approximate surface area is 240 Å². The number of thioether (sulfide) groups is 1. The SMILES string of the molecule is O=C(CSc1nnc(-c2cccc(S(=O)(=O)N3CCOCC3)c2)n1C1CCCCCC1)NCCc1ccccc1. The second-order valence-electron chi connectivity index (χ2n) is 10.2. The summed E-state index contributed by atoms with van der Waals surface area (Å²) in [4.78, 5) is 12.9. The topological polar surface area (TPSA) is 106 Å². The van der Waals surface area contributed by atoms with E-state index in [9.17, 15) is 13.2 Å². The van der Waals surface area contributed by atoms with Crippen LogP contribution in [0.4, 0.5) is 0 Å². The third kappa shape index (κ3) is 7.12. The molecule has 3 aromatic rings. The van der Waals surface area contributed by atoms with Gasteiger partial charge >= 0.3 is 0 Å². The number of sulfonamides is 1. The summed E-state index contributed by atoms with van der Waals surface area (Å²) in [5.41, 5.74) is 1.90. The summed E-state index contributed by atoms with van der Waals surface area (Å²) < 4.78 is 35.6. The maximum atomic E-state index is 13.3. The van der Waals surface area contributed by atoms with Crippen molar-refractivity contribution in [2.24, 2.45) is 0 Å². The molecule has 2 heterocycles. The molecule has 1 saturated heterocycles. The molecule has 5 rings (SSSR count). The summed E-state index contributed by atoms with van der Waals surface area (Å²) in [5.74, 6) is 0.847. The number of benzene rings is 2. The van der Waals surface area contributed by atoms with Crippen molar-refractivity contribution in [2.45, 2.75) is 61.0 Å². The number of ether oxygens (including phenoxy) is 1. The van der Waals surface area contributed by atoms with Gasteiger partial charge in [-0.25, -0.2) is 8.42 Å². The van der Waals surface area contributed by atoms with Gasteiger partial charge in [0.1, 0.15) is 0 Å². The highest BCUT2D eigenvalue weighted by Gasteiger charge is 2.28. The number of rotatable bonds is 10. The maximum absolute atomic E-state index is 13.3. The Hall–Kier alpha value is -2.73. The van der Waals surface area contributed by atoms with E-state index in [0.717, 1.165) is 32.1 Å². The van der Waals surface area contributed by atoms with Crippen molar-refractivity contribution in [3.05, 3.63) is 60.2 Å². The fraction of sp³-hybridized carbons (Fsp3) is 0.483. The average molecular weight is 584 g/mol. The van der Waals surface area contributed by atoms with Crippen molar-refractivity contribution in [1.82, 2.24) is 24.4 Å². The second-order valence-corrected chi connectivity index (χ2v) is 13.1. The predicted molar refractivity (Wildman–Crippen MR) is 156 cm³/mol. The van der Waals surface area contributed by atoms with Crippen LogP contribution in [0.5, 0.6) is 0 Å². The van der Waals surface area contributed by atoms with Gasteiger partial charge in [-0.1, -0.05) is 79.9 Å². The lowest BCUT2D eigenvalue weighted by molar-refractivity contribution is -0.118. The van der Waals surface area contributed by atoms with Crippen LogP contribution < -0.4 is 5.32 Å². The number of nitrogens with one attached hydrogen (secondary N) is 1. The van der Waals surface area contributed by atoms with E-state index in [1.807, 2.05) is 24.3 Å². The molecule has 2 fully saturated rings. The molecule has 2 aromatic carbocycles. The van der Waals surface area contributed by atoms with E-state index in [0.29, 0.717) is 49.4 Å². The molecule has 11 heteroatoms. The first kappa shape index (κ1) is 28.8. The number of morpholine rings is 1. The third-order valence-electron chi connectivity index (χ3n) is 7.47. The van der Waals surface area contributed by atoms with E-state index in [4.69, 9.17) is 4.74 Å². The fourth-order valence-corrected chi connectivity index (χ4v) is 7.61. The van der Waals surface area contributed by atoms with E-state index in [1.54, 1.807) is 18.2 Å². The fourth-order valence-electron chi connectivity index (χ4n) is 5.32. The number of amides is 1. The Morgan fingerprint density at radius 1 is 0.975 bits per heavy atom.